The van der Waals surface area contributed by atoms with Crippen molar-refractivity contribution in [3.63, 3.8) is 0 Å². The SMILES string of the molecule is [C-]#[N+]/C(=C1/C(c2ccc(F)cc2)=C(C#N)c2cc3c(cc21)/C(=C(\C#N)c1cc(C#N)cc(C#N)c1)C(c1ccc(F)cc1)=C3C#N)c1cc(C#N)cc(C#N)c1. The zero-order valence-electron chi connectivity index (χ0n) is 28.6. The molecule has 0 saturated heterocycles. The van der Waals surface area contributed by atoms with Gasteiger partial charge in [-0.25, -0.2) is 13.6 Å². The number of benzene rings is 5. The van der Waals surface area contributed by atoms with E-state index in [0.717, 1.165) is 0 Å². The third-order valence-corrected chi connectivity index (χ3v) is 9.38. The maximum Gasteiger partial charge on any atom is 0.202 e. The first-order chi connectivity index (χ1) is 27.2. The zero-order chi connectivity index (χ0) is 39.7. The molecule has 0 amide bonds. The van der Waals surface area contributed by atoms with Gasteiger partial charge in [0.15, 0.2) is 0 Å². The van der Waals surface area contributed by atoms with E-state index in [2.05, 4.69) is 23.1 Å². The molecule has 56 heavy (non-hydrogen) atoms. The van der Waals surface area contributed by atoms with E-state index in [9.17, 15) is 45.6 Å². The lowest BCUT2D eigenvalue weighted by molar-refractivity contribution is 0.627. The highest BCUT2D eigenvalue weighted by molar-refractivity contribution is 6.34. The topological polar surface area (TPSA) is 171 Å². The van der Waals surface area contributed by atoms with E-state index in [0.29, 0.717) is 33.4 Å². The molecular formula is C46H16F2N8. The molecule has 5 aromatic carbocycles. The Balaban J connectivity index is 1.66. The van der Waals surface area contributed by atoms with Crippen LogP contribution in [-0.2, 0) is 0 Å². The summed E-state index contributed by atoms with van der Waals surface area (Å²) in [6.45, 7) is 8.42. The van der Waals surface area contributed by atoms with Gasteiger partial charge in [0.25, 0.3) is 0 Å². The minimum absolute atomic E-state index is 0.0223. The van der Waals surface area contributed by atoms with Crippen molar-refractivity contribution in [2.75, 3.05) is 0 Å². The Labute approximate surface area is 318 Å². The predicted octanol–water partition coefficient (Wildman–Crippen LogP) is 9.57. The van der Waals surface area contributed by atoms with Crippen molar-refractivity contribution in [1.82, 2.24) is 0 Å². The minimum atomic E-state index is -0.549. The number of rotatable bonds is 4. The fourth-order valence-corrected chi connectivity index (χ4v) is 7.09. The second-order valence-electron chi connectivity index (χ2n) is 12.4. The molecule has 8 nitrogen and oxygen atoms in total. The van der Waals surface area contributed by atoms with Crippen LogP contribution in [-0.4, -0.2) is 0 Å². The number of allylic oxidation sites excluding steroid dienone is 7. The molecule has 0 radical (unpaired) electrons. The summed E-state index contributed by atoms with van der Waals surface area (Å²) in [5.41, 5.74) is 3.84. The second kappa shape index (κ2) is 14.1. The molecule has 0 heterocycles. The maximum atomic E-state index is 14.3. The number of hydrogen-bond acceptors (Lipinski definition) is 7. The van der Waals surface area contributed by atoms with Gasteiger partial charge in [0, 0.05) is 22.3 Å². The summed E-state index contributed by atoms with van der Waals surface area (Å²) < 4.78 is 28.5. The normalized spacial score (nSPS) is 14.0. The van der Waals surface area contributed by atoms with Crippen LogP contribution in [0.2, 0.25) is 0 Å². The Morgan fingerprint density at radius 3 is 1.25 bits per heavy atom. The average molecular weight is 719 g/mol. The fraction of sp³-hybridized carbons (Fsp3) is 0. The summed E-state index contributed by atoms with van der Waals surface area (Å²) >= 11 is 0. The summed E-state index contributed by atoms with van der Waals surface area (Å²) in [5.74, 6) is -1.10. The van der Waals surface area contributed by atoms with E-state index in [1.807, 2.05) is 24.3 Å². The zero-order valence-corrected chi connectivity index (χ0v) is 28.6. The van der Waals surface area contributed by atoms with Crippen molar-refractivity contribution in [3.05, 3.63) is 187 Å². The van der Waals surface area contributed by atoms with Gasteiger partial charge in [0.2, 0.25) is 5.70 Å². The van der Waals surface area contributed by atoms with E-state index in [1.165, 1.54) is 84.9 Å². The number of fused-ring (bicyclic) bond motifs is 2. The molecule has 0 spiro atoms. The van der Waals surface area contributed by atoms with E-state index in [-0.39, 0.29) is 78.1 Å². The van der Waals surface area contributed by atoms with Gasteiger partial charge >= 0.3 is 0 Å². The van der Waals surface area contributed by atoms with Gasteiger partial charge in [-0.2, -0.15) is 36.8 Å². The molecule has 0 N–H and O–H groups in total. The van der Waals surface area contributed by atoms with Crippen LogP contribution in [0.3, 0.4) is 0 Å². The Hall–Kier alpha value is -9.16. The van der Waals surface area contributed by atoms with Gasteiger partial charge in [-0.1, -0.05) is 24.3 Å². The van der Waals surface area contributed by atoms with Crippen molar-refractivity contribution >= 4 is 44.7 Å². The molecule has 0 saturated carbocycles. The average Bonchev–Trinajstić information content (AvgIpc) is 3.72. The molecule has 0 bridgehead atoms. The summed E-state index contributed by atoms with van der Waals surface area (Å²) in [6.07, 6.45) is 0. The lowest BCUT2D eigenvalue weighted by atomic mass is 9.86. The van der Waals surface area contributed by atoms with Crippen LogP contribution in [0.25, 0.3) is 49.6 Å². The standard InChI is InChI=1S/C46H16F2N8/c1-56-46(32-14-27(20-51)11-28(15-32)21-52)45-38-17-37-35(16-36(38)41(24-55)43(45)30-4-8-34(48)9-5-30)40(23-54)42(29-2-6-33(47)7-3-29)44(37)39(22-53)31-12-25(18-49)10-26(13-31)19-50/h2-17H/b44-39-,46-45+. The number of halogens is 2. The Bertz CT molecular complexity index is 2830. The van der Waals surface area contributed by atoms with Crippen LogP contribution in [0.5, 0.6) is 0 Å². The first kappa shape index (κ1) is 35.3. The van der Waals surface area contributed by atoms with Gasteiger partial charge < -0.3 is 0 Å². The Kier molecular flexibility index (Phi) is 8.88. The molecule has 10 heteroatoms. The van der Waals surface area contributed by atoms with Crippen LogP contribution in [0.4, 0.5) is 8.78 Å². The third kappa shape index (κ3) is 5.71. The molecule has 0 atom stereocenters. The first-order valence-electron chi connectivity index (χ1n) is 16.4. The number of nitrogens with zero attached hydrogens (tertiary/aromatic N) is 8. The largest absolute Gasteiger partial charge is 0.237 e. The summed E-state index contributed by atoms with van der Waals surface area (Å²) in [6, 6.07) is 37.0. The minimum Gasteiger partial charge on any atom is -0.237 e. The first-order valence-corrected chi connectivity index (χ1v) is 16.4. The van der Waals surface area contributed by atoms with Crippen molar-refractivity contribution in [1.29, 1.82) is 36.8 Å². The smallest absolute Gasteiger partial charge is 0.202 e. The second-order valence-corrected chi connectivity index (χ2v) is 12.4. The monoisotopic (exact) mass is 718 g/mol. The molecule has 2 aliphatic carbocycles. The van der Waals surface area contributed by atoms with Gasteiger partial charge in [0.05, 0.1) is 69.8 Å². The van der Waals surface area contributed by atoms with Crippen molar-refractivity contribution in [2.45, 2.75) is 0 Å². The van der Waals surface area contributed by atoms with E-state index in [4.69, 9.17) is 6.57 Å². The van der Waals surface area contributed by atoms with Gasteiger partial charge in [-0.15, -0.1) is 0 Å². The molecule has 2 aliphatic rings. The van der Waals surface area contributed by atoms with Crippen LogP contribution >= 0.6 is 0 Å². The highest BCUT2D eigenvalue weighted by Gasteiger charge is 2.37. The number of nitriles is 7. The number of hydrogen-bond donors (Lipinski definition) is 0. The van der Waals surface area contributed by atoms with Crippen LogP contribution in [0.15, 0.2) is 97.1 Å². The van der Waals surface area contributed by atoms with Crippen molar-refractivity contribution < 1.29 is 8.78 Å². The summed E-state index contributed by atoms with van der Waals surface area (Å²) in [5, 5.41) is 71.5. The van der Waals surface area contributed by atoms with Gasteiger partial charge in [0.1, 0.15) is 29.8 Å². The molecule has 0 aromatic heterocycles. The molecule has 0 fully saturated rings. The van der Waals surface area contributed by atoms with E-state index in [1.54, 1.807) is 12.1 Å². The predicted molar refractivity (Wildman–Crippen MR) is 202 cm³/mol. The van der Waals surface area contributed by atoms with Crippen molar-refractivity contribution in [2.24, 2.45) is 0 Å². The molecule has 0 aliphatic heterocycles. The third-order valence-electron chi connectivity index (χ3n) is 9.38. The molecule has 0 unspecified atom stereocenters. The van der Waals surface area contributed by atoms with Gasteiger partial charge in [-0.05, 0) is 117 Å². The van der Waals surface area contributed by atoms with Crippen LogP contribution in [0, 0.1) is 97.5 Å². The Morgan fingerprint density at radius 2 is 0.857 bits per heavy atom. The Morgan fingerprint density at radius 1 is 0.464 bits per heavy atom. The molecular weight excluding hydrogens is 703 g/mol. The van der Waals surface area contributed by atoms with Gasteiger partial charge in [-0.3, -0.25) is 0 Å². The van der Waals surface area contributed by atoms with E-state index < -0.39 is 11.6 Å². The molecule has 7 rings (SSSR count). The quantitative estimate of drug-likeness (QED) is 0.131. The fourth-order valence-electron chi connectivity index (χ4n) is 7.09. The maximum absolute atomic E-state index is 14.3. The molecule has 254 valence electrons. The highest BCUT2D eigenvalue weighted by Crippen LogP contribution is 2.56. The van der Waals surface area contributed by atoms with E-state index >= 15 is 0 Å². The lowest BCUT2D eigenvalue weighted by Gasteiger charge is -2.15. The van der Waals surface area contributed by atoms with Crippen LogP contribution < -0.4 is 0 Å². The molecule has 5 aromatic rings. The highest BCUT2D eigenvalue weighted by atomic mass is 19.1. The van der Waals surface area contributed by atoms with Crippen LogP contribution in [0.1, 0.15) is 66.8 Å². The summed E-state index contributed by atoms with van der Waals surface area (Å²) in [4.78, 5) is 3.87. The van der Waals surface area contributed by atoms with Crippen molar-refractivity contribution in [3.8, 4) is 42.5 Å². The summed E-state index contributed by atoms with van der Waals surface area (Å²) in [7, 11) is 0. The lowest BCUT2D eigenvalue weighted by Crippen LogP contribution is -1.97.